The first-order chi connectivity index (χ1) is 16.7. The van der Waals surface area contributed by atoms with E-state index in [9.17, 15) is 20.2 Å². The molecule has 5 rings (SSSR count). The van der Waals surface area contributed by atoms with Gasteiger partial charge in [0.15, 0.2) is 0 Å². The van der Waals surface area contributed by atoms with Crippen LogP contribution < -0.4 is 5.32 Å². The van der Waals surface area contributed by atoms with E-state index in [-0.39, 0.29) is 49.7 Å². The molecular formula is C25H21BrClN3O4S. The highest BCUT2D eigenvalue weighted by atomic mass is 79.9. The van der Waals surface area contributed by atoms with Crippen LogP contribution in [0.1, 0.15) is 35.1 Å². The zero-order valence-corrected chi connectivity index (χ0v) is 21.7. The van der Waals surface area contributed by atoms with Crippen LogP contribution in [0.2, 0.25) is 0 Å². The Morgan fingerprint density at radius 1 is 1.06 bits per heavy atom. The maximum atomic E-state index is 11.6. The van der Waals surface area contributed by atoms with E-state index in [1.54, 1.807) is 30.3 Å². The average Bonchev–Trinajstić information content (AvgIpc) is 3.15. The van der Waals surface area contributed by atoms with Crippen molar-refractivity contribution in [3.05, 3.63) is 102 Å². The van der Waals surface area contributed by atoms with Gasteiger partial charge < -0.3 is 5.32 Å². The molecule has 5 unspecified atom stereocenters. The van der Waals surface area contributed by atoms with Crippen LogP contribution >= 0.6 is 39.3 Å². The zero-order chi connectivity index (χ0) is 24.9. The van der Waals surface area contributed by atoms with E-state index in [1.165, 1.54) is 17.8 Å². The molecule has 10 heteroatoms. The van der Waals surface area contributed by atoms with Crippen LogP contribution in [0.15, 0.2) is 70.0 Å². The monoisotopic (exact) mass is 573 g/mol. The molecule has 0 aromatic heterocycles. The van der Waals surface area contributed by atoms with Gasteiger partial charge in [-0.2, -0.15) is 0 Å². The lowest BCUT2D eigenvalue weighted by Crippen LogP contribution is -2.31. The minimum Gasteiger partial charge on any atom is -0.377 e. The molecule has 3 aromatic carbocycles. The molecule has 1 aliphatic heterocycles. The second-order valence-electron chi connectivity index (χ2n) is 8.91. The van der Waals surface area contributed by atoms with E-state index < -0.39 is 0 Å². The second kappa shape index (κ2) is 9.44. The minimum atomic E-state index is -0.374. The molecule has 1 heterocycles. The van der Waals surface area contributed by atoms with E-state index in [0.717, 1.165) is 26.9 Å². The number of aryl methyl sites for hydroxylation is 1. The number of alkyl halides is 1. The van der Waals surface area contributed by atoms with E-state index in [4.69, 9.17) is 11.6 Å². The van der Waals surface area contributed by atoms with Gasteiger partial charge in [-0.25, -0.2) is 0 Å². The Kier molecular flexibility index (Phi) is 6.50. The summed E-state index contributed by atoms with van der Waals surface area (Å²) in [6.45, 7) is 1.87. The molecule has 0 spiro atoms. The van der Waals surface area contributed by atoms with E-state index in [1.807, 2.05) is 19.1 Å². The van der Waals surface area contributed by atoms with Gasteiger partial charge in [0, 0.05) is 39.5 Å². The first-order valence-corrected chi connectivity index (χ1v) is 13.2. The highest BCUT2D eigenvalue weighted by Crippen LogP contribution is 2.59. The fraction of sp³-hybridized carbons (Fsp3) is 0.280. The van der Waals surface area contributed by atoms with Gasteiger partial charge in [0.25, 0.3) is 11.4 Å². The van der Waals surface area contributed by atoms with Crippen molar-refractivity contribution < 1.29 is 9.85 Å². The third kappa shape index (κ3) is 4.41. The Morgan fingerprint density at radius 2 is 1.77 bits per heavy atom. The smallest absolute Gasteiger partial charge is 0.282 e. The van der Waals surface area contributed by atoms with Crippen molar-refractivity contribution in [2.24, 2.45) is 5.92 Å². The first kappa shape index (κ1) is 24.1. The summed E-state index contributed by atoms with van der Waals surface area (Å²) in [6, 6.07) is 18.0. The summed E-state index contributed by atoms with van der Waals surface area (Å²) in [5.41, 5.74) is 3.74. The highest BCUT2D eigenvalue weighted by molar-refractivity contribution is 9.10. The summed E-state index contributed by atoms with van der Waals surface area (Å²) in [6.07, 6.45) is 0.713. The topological polar surface area (TPSA) is 98.3 Å². The largest absolute Gasteiger partial charge is 0.377 e. The molecule has 0 amide bonds. The van der Waals surface area contributed by atoms with E-state index >= 15 is 0 Å². The van der Waals surface area contributed by atoms with Crippen LogP contribution in [0.5, 0.6) is 0 Å². The average molecular weight is 575 g/mol. The molecule has 0 bridgehead atoms. The number of anilines is 1. The van der Waals surface area contributed by atoms with E-state index in [2.05, 4.69) is 33.4 Å². The number of benzene rings is 3. The Morgan fingerprint density at radius 3 is 2.46 bits per heavy atom. The number of nitrogens with one attached hydrogen (secondary N) is 1. The van der Waals surface area contributed by atoms with Crippen LogP contribution in [0, 0.1) is 33.1 Å². The number of hydrogen-bond donors (Lipinski definition) is 1. The Bertz CT molecular complexity index is 1320. The number of nitro groups is 2. The zero-order valence-electron chi connectivity index (χ0n) is 18.6. The molecule has 0 saturated heterocycles. The molecule has 2 aliphatic rings. The Hall–Kier alpha value is -2.62. The normalized spacial score (nSPS) is 24.8. The van der Waals surface area contributed by atoms with Gasteiger partial charge in [0.1, 0.15) is 0 Å². The minimum absolute atomic E-state index is 0.0432. The van der Waals surface area contributed by atoms with Crippen molar-refractivity contribution in [2.75, 3.05) is 5.32 Å². The van der Waals surface area contributed by atoms with Gasteiger partial charge in [-0.3, -0.25) is 20.2 Å². The summed E-state index contributed by atoms with van der Waals surface area (Å²) in [4.78, 5) is 23.0. The SMILES string of the molecule is Cc1cc([N+](=O)[O-])cc2c1NC(c1ccc(Br)cc1)C1CC(Sc3ccccc3[N+](=O)[O-])C(Cl)C21. The summed E-state index contributed by atoms with van der Waals surface area (Å²) >= 11 is 12.0. The van der Waals surface area contributed by atoms with Gasteiger partial charge in [-0.05, 0) is 54.2 Å². The molecule has 3 aromatic rings. The number of rotatable bonds is 5. The van der Waals surface area contributed by atoms with Gasteiger partial charge in [-0.1, -0.05) is 40.2 Å². The molecule has 0 radical (unpaired) electrons. The maximum Gasteiger partial charge on any atom is 0.282 e. The molecule has 1 saturated carbocycles. The summed E-state index contributed by atoms with van der Waals surface area (Å²) in [7, 11) is 0. The van der Waals surface area contributed by atoms with Crippen molar-refractivity contribution in [2.45, 2.75) is 40.8 Å². The number of fused-ring (bicyclic) bond motifs is 3. The van der Waals surface area contributed by atoms with Crippen LogP contribution in [0.25, 0.3) is 0 Å². The lowest BCUT2D eigenvalue weighted by molar-refractivity contribution is -0.387. The lowest BCUT2D eigenvalue weighted by Gasteiger charge is -2.39. The number of non-ortho nitro benzene ring substituents is 1. The number of thioether (sulfide) groups is 1. The van der Waals surface area contributed by atoms with Crippen LogP contribution in [-0.2, 0) is 0 Å². The van der Waals surface area contributed by atoms with Gasteiger partial charge in [-0.15, -0.1) is 23.4 Å². The quantitative estimate of drug-likeness (QED) is 0.191. The van der Waals surface area contributed by atoms with E-state index in [0.29, 0.717) is 11.3 Å². The van der Waals surface area contributed by atoms with Gasteiger partial charge in [0.05, 0.1) is 26.2 Å². The number of halogens is 2. The fourth-order valence-electron chi connectivity index (χ4n) is 5.37. The molecule has 180 valence electrons. The summed E-state index contributed by atoms with van der Waals surface area (Å²) < 4.78 is 0.979. The first-order valence-electron chi connectivity index (χ1n) is 11.1. The molecule has 1 N–H and O–H groups in total. The van der Waals surface area contributed by atoms with Crippen LogP contribution in [0.3, 0.4) is 0 Å². The number of para-hydroxylation sites is 1. The summed E-state index contributed by atoms with van der Waals surface area (Å²) in [5.74, 6) is -0.0757. The van der Waals surface area contributed by atoms with Crippen LogP contribution in [0.4, 0.5) is 17.1 Å². The predicted octanol–water partition coefficient (Wildman–Crippen LogP) is 7.61. The highest BCUT2D eigenvalue weighted by Gasteiger charge is 2.51. The molecular weight excluding hydrogens is 554 g/mol. The Balaban J connectivity index is 1.59. The molecule has 35 heavy (non-hydrogen) atoms. The van der Waals surface area contributed by atoms with Crippen molar-refractivity contribution in [1.29, 1.82) is 0 Å². The molecule has 5 atom stereocenters. The van der Waals surface area contributed by atoms with Gasteiger partial charge >= 0.3 is 0 Å². The van der Waals surface area contributed by atoms with Crippen molar-refractivity contribution in [3.63, 3.8) is 0 Å². The predicted molar refractivity (Wildman–Crippen MR) is 142 cm³/mol. The van der Waals surface area contributed by atoms with Crippen molar-refractivity contribution in [1.82, 2.24) is 0 Å². The fourth-order valence-corrected chi connectivity index (χ4v) is 7.57. The lowest BCUT2D eigenvalue weighted by atomic mass is 9.76. The van der Waals surface area contributed by atoms with Crippen LogP contribution in [-0.4, -0.2) is 20.5 Å². The maximum absolute atomic E-state index is 11.6. The molecule has 1 fully saturated rings. The van der Waals surface area contributed by atoms with Gasteiger partial charge in [0.2, 0.25) is 0 Å². The third-order valence-corrected chi connectivity index (χ3v) is 9.52. The number of nitrogens with zero attached hydrogens (tertiary/aromatic N) is 2. The second-order valence-corrected chi connectivity index (χ2v) is 11.6. The van der Waals surface area contributed by atoms with Crippen molar-refractivity contribution in [3.8, 4) is 0 Å². The molecule has 1 aliphatic carbocycles. The molecule has 7 nitrogen and oxygen atoms in total. The number of nitro benzene ring substituents is 2. The third-order valence-electron chi connectivity index (χ3n) is 6.88. The number of hydrogen-bond acceptors (Lipinski definition) is 6. The standard InChI is InChI=1S/C25H21BrClN3O4S/c1-13-10-16(29(31)32)11-17-22-18(25(28-24(13)17)14-6-8-15(26)9-7-14)12-21(23(22)27)35-20-5-3-2-4-19(20)30(33)34/h2-11,18,21-23,25,28H,12H2,1H3. The summed E-state index contributed by atoms with van der Waals surface area (Å²) in [5, 5.41) is 26.4. The van der Waals surface area contributed by atoms with Crippen molar-refractivity contribution >= 4 is 56.4 Å². The Labute approximate surface area is 219 Å².